The van der Waals surface area contributed by atoms with Crippen molar-refractivity contribution in [1.82, 2.24) is 5.32 Å². The Balaban J connectivity index is 1.28. The third kappa shape index (κ3) is 5.47. The molecule has 0 fully saturated rings. The van der Waals surface area contributed by atoms with Crippen molar-refractivity contribution >= 4 is 17.6 Å². The van der Waals surface area contributed by atoms with Gasteiger partial charge < -0.3 is 20.1 Å². The fourth-order valence-electron chi connectivity index (χ4n) is 4.81. The van der Waals surface area contributed by atoms with Gasteiger partial charge in [0.25, 0.3) is 5.91 Å². The van der Waals surface area contributed by atoms with Gasteiger partial charge in [0.05, 0.1) is 23.8 Å². The van der Waals surface area contributed by atoms with E-state index in [9.17, 15) is 19.1 Å². The first-order valence-electron chi connectivity index (χ1n) is 12.7. The van der Waals surface area contributed by atoms with Crippen molar-refractivity contribution < 1.29 is 23.8 Å². The number of anilines is 1. The predicted molar refractivity (Wildman–Crippen MR) is 145 cm³/mol. The minimum atomic E-state index is -0.964. The van der Waals surface area contributed by atoms with E-state index in [-0.39, 0.29) is 17.5 Å². The summed E-state index contributed by atoms with van der Waals surface area (Å²) in [6, 6.07) is 20.1. The summed E-state index contributed by atoms with van der Waals surface area (Å²) in [7, 11) is 0. The molecule has 5 rings (SSSR count). The van der Waals surface area contributed by atoms with Gasteiger partial charge in [0.1, 0.15) is 18.5 Å². The summed E-state index contributed by atoms with van der Waals surface area (Å²) in [6.45, 7) is 3.74. The van der Waals surface area contributed by atoms with Crippen molar-refractivity contribution in [2.75, 3.05) is 18.1 Å². The van der Waals surface area contributed by atoms with Crippen LogP contribution in [0, 0.1) is 0 Å². The molecule has 38 heavy (non-hydrogen) atoms. The quantitative estimate of drug-likeness (QED) is 0.419. The maximum atomic E-state index is 13.4. The molecule has 0 saturated carbocycles. The van der Waals surface area contributed by atoms with E-state index in [2.05, 4.69) is 10.2 Å². The van der Waals surface area contributed by atoms with E-state index in [1.54, 1.807) is 30.3 Å². The highest BCUT2D eigenvalue weighted by Crippen LogP contribution is 2.34. The van der Waals surface area contributed by atoms with E-state index in [1.165, 1.54) is 6.08 Å². The van der Waals surface area contributed by atoms with E-state index >= 15 is 0 Å². The normalized spacial score (nSPS) is 17.2. The van der Waals surface area contributed by atoms with Crippen LogP contribution >= 0.6 is 0 Å². The highest BCUT2D eigenvalue weighted by molar-refractivity contribution is 5.96. The van der Waals surface area contributed by atoms with Crippen molar-refractivity contribution in [1.29, 1.82) is 0 Å². The van der Waals surface area contributed by atoms with Crippen molar-refractivity contribution in [3.8, 4) is 16.9 Å². The Bertz CT molecular complexity index is 1410. The average Bonchev–Trinajstić information content (AvgIpc) is 2.93. The Morgan fingerprint density at radius 1 is 1.13 bits per heavy atom. The lowest BCUT2D eigenvalue weighted by Gasteiger charge is -2.31. The number of fused-ring (bicyclic) bond motifs is 1. The number of carboxylic acid groups (broad SMARTS) is 1. The number of ether oxygens (including phenoxy) is 1. The zero-order chi connectivity index (χ0) is 26.6. The third-order valence-electron chi connectivity index (χ3n) is 6.90. The second kappa shape index (κ2) is 10.9. The van der Waals surface area contributed by atoms with E-state index in [0.29, 0.717) is 43.0 Å². The number of halogens is 1. The molecule has 6 nitrogen and oxygen atoms in total. The number of carboxylic acids is 1. The first-order valence-corrected chi connectivity index (χ1v) is 12.7. The third-order valence-corrected chi connectivity index (χ3v) is 6.90. The van der Waals surface area contributed by atoms with Crippen LogP contribution in [-0.2, 0) is 6.54 Å². The molecule has 0 saturated heterocycles. The number of benzene rings is 3. The molecule has 2 atom stereocenters. The number of allylic oxidation sites excluding steroid dienone is 2. The lowest BCUT2D eigenvalue weighted by molar-refractivity contribution is 0.0697. The van der Waals surface area contributed by atoms with E-state index < -0.39 is 12.1 Å². The van der Waals surface area contributed by atoms with Crippen LogP contribution in [0.4, 0.5) is 10.1 Å². The summed E-state index contributed by atoms with van der Waals surface area (Å²) in [5.41, 5.74) is 5.20. The van der Waals surface area contributed by atoms with Crippen LogP contribution < -0.4 is 15.0 Å². The minimum Gasteiger partial charge on any atom is -0.490 e. The highest BCUT2D eigenvalue weighted by atomic mass is 19.1. The number of nitrogens with zero attached hydrogens (tertiary/aromatic N) is 1. The summed E-state index contributed by atoms with van der Waals surface area (Å²) in [4.78, 5) is 26.7. The fraction of sp³-hybridized carbons (Fsp3) is 0.226. The van der Waals surface area contributed by atoms with Crippen molar-refractivity contribution in [2.24, 2.45) is 0 Å². The largest absolute Gasteiger partial charge is 0.490 e. The van der Waals surface area contributed by atoms with Gasteiger partial charge in [-0.25, -0.2) is 9.18 Å². The molecule has 2 aliphatic rings. The molecule has 0 aromatic heterocycles. The number of carbonyl (C=O) groups excluding carboxylic acids is 1. The van der Waals surface area contributed by atoms with Crippen LogP contribution in [0.1, 0.15) is 39.6 Å². The Labute approximate surface area is 221 Å². The zero-order valence-electron chi connectivity index (χ0n) is 21.1. The number of carbonyl (C=O) groups is 2. The van der Waals surface area contributed by atoms with E-state index in [4.69, 9.17) is 4.74 Å². The van der Waals surface area contributed by atoms with Gasteiger partial charge in [-0.15, -0.1) is 0 Å². The maximum absolute atomic E-state index is 13.4. The van der Waals surface area contributed by atoms with Crippen LogP contribution in [0.3, 0.4) is 0 Å². The molecule has 194 valence electrons. The van der Waals surface area contributed by atoms with Crippen molar-refractivity contribution in [3.63, 3.8) is 0 Å². The standard InChI is InChI=1S/C31H29FN2O4/c1-20(22-10-13-25(32)14-11-22)33-30(35)24-12-15-28-29(18-24)38-17-16-34(28)19-21-6-8-23(9-7-21)26-4-2-3-5-27(26)31(36)37/h2-13,15,18,20,25H,14,16-17,19H2,1H3,(H,33,35)(H,36,37)/t20-,25?/m0/s1. The Kier molecular flexibility index (Phi) is 7.26. The van der Waals surface area contributed by atoms with Crippen LogP contribution in [0.2, 0.25) is 0 Å². The molecule has 1 amide bonds. The first kappa shape index (κ1) is 25.3. The molecular weight excluding hydrogens is 483 g/mol. The van der Waals surface area contributed by atoms with Gasteiger partial charge in [-0.1, -0.05) is 60.7 Å². The molecule has 3 aromatic carbocycles. The maximum Gasteiger partial charge on any atom is 0.336 e. The van der Waals surface area contributed by atoms with Crippen LogP contribution in [0.15, 0.2) is 90.5 Å². The van der Waals surface area contributed by atoms with Crippen LogP contribution in [-0.4, -0.2) is 42.3 Å². The fourth-order valence-corrected chi connectivity index (χ4v) is 4.81. The first-order chi connectivity index (χ1) is 18.4. The monoisotopic (exact) mass is 512 g/mol. The second-order valence-corrected chi connectivity index (χ2v) is 9.51. The topological polar surface area (TPSA) is 78.9 Å². The highest BCUT2D eigenvalue weighted by Gasteiger charge is 2.22. The van der Waals surface area contributed by atoms with Gasteiger partial charge in [-0.2, -0.15) is 0 Å². The molecule has 1 aliphatic heterocycles. The number of hydrogen-bond donors (Lipinski definition) is 2. The molecule has 3 aromatic rings. The molecule has 0 spiro atoms. The van der Waals surface area contributed by atoms with Gasteiger partial charge >= 0.3 is 5.97 Å². The number of rotatable bonds is 7. The predicted octanol–water partition coefficient (Wildman–Crippen LogP) is 5.79. The summed E-state index contributed by atoms with van der Waals surface area (Å²) < 4.78 is 19.2. The van der Waals surface area contributed by atoms with E-state index in [0.717, 1.165) is 22.4 Å². The molecule has 1 heterocycles. The number of hydrogen-bond acceptors (Lipinski definition) is 4. The SMILES string of the molecule is C[C@H](NC(=O)c1ccc2c(c1)OCCN2Cc1ccc(-c2ccccc2C(=O)O)cc1)C1=CCC(F)C=C1. The van der Waals surface area contributed by atoms with E-state index in [1.807, 2.05) is 55.5 Å². The van der Waals surface area contributed by atoms with Crippen LogP contribution in [0.25, 0.3) is 11.1 Å². The van der Waals surface area contributed by atoms with Crippen molar-refractivity contribution in [3.05, 3.63) is 107 Å². The van der Waals surface area contributed by atoms with Gasteiger partial charge in [0.15, 0.2) is 0 Å². The Hall–Kier alpha value is -4.39. The smallest absolute Gasteiger partial charge is 0.336 e. The zero-order valence-corrected chi connectivity index (χ0v) is 21.1. The molecule has 1 unspecified atom stereocenters. The number of aromatic carboxylic acids is 1. The van der Waals surface area contributed by atoms with Gasteiger partial charge in [-0.05, 0) is 53.5 Å². The molecule has 0 radical (unpaired) electrons. The molecule has 7 heteroatoms. The number of amides is 1. The Morgan fingerprint density at radius 3 is 2.66 bits per heavy atom. The lowest BCUT2D eigenvalue weighted by Crippen LogP contribution is -2.35. The average molecular weight is 513 g/mol. The summed E-state index contributed by atoms with van der Waals surface area (Å²) >= 11 is 0. The molecular formula is C31H29FN2O4. The van der Waals surface area contributed by atoms with Crippen LogP contribution in [0.5, 0.6) is 5.75 Å². The molecule has 2 N–H and O–H groups in total. The van der Waals surface area contributed by atoms with Gasteiger partial charge in [-0.3, -0.25) is 4.79 Å². The number of alkyl halides is 1. The van der Waals surface area contributed by atoms with Gasteiger partial charge in [0.2, 0.25) is 0 Å². The van der Waals surface area contributed by atoms with Crippen molar-refractivity contribution in [2.45, 2.75) is 32.1 Å². The lowest BCUT2D eigenvalue weighted by atomic mass is 9.98. The molecule has 1 aliphatic carbocycles. The summed E-state index contributed by atoms with van der Waals surface area (Å²) in [5, 5.41) is 12.5. The molecule has 0 bridgehead atoms. The Morgan fingerprint density at radius 2 is 1.92 bits per heavy atom. The van der Waals surface area contributed by atoms with Gasteiger partial charge in [0, 0.05) is 18.5 Å². The summed E-state index contributed by atoms with van der Waals surface area (Å²) in [5.74, 6) is -0.509. The minimum absolute atomic E-state index is 0.213. The second-order valence-electron chi connectivity index (χ2n) is 9.51. The summed E-state index contributed by atoms with van der Waals surface area (Å²) in [6.07, 6.45) is 4.43. The number of nitrogens with one attached hydrogen (secondary N) is 1.